The number of para-hydroxylation sites is 1. The molecule has 0 bridgehead atoms. The van der Waals surface area contributed by atoms with Crippen molar-refractivity contribution in [2.45, 2.75) is 39.0 Å². The molecule has 2 aromatic rings. The van der Waals surface area contributed by atoms with Crippen molar-refractivity contribution >= 4 is 16.9 Å². The smallest absolute Gasteiger partial charge is 0.349 e. The van der Waals surface area contributed by atoms with Gasteiger partial charge in [0.1, 0.15) is 11.1 Å². The van der Waals surface area contributed by atoms with Crippen molar-refractivity contribution in [3.8, 4) is 0 Å². The van der Waals surface area contributed by atoms with E-state index in [0.29, 0.717) is 12.0 Å². The quantitative estimate of drug-likeness (QED) is 0.649. The third-order valence-corrected chi connectivity index (χ3v) is 3.45. The molecule has 20 heavy (non-hydrogen) atoms. The van der Waals surface area contributed by atoms with E-state index in [1.165, 1.54) is 0 Å². The number of rotatable bonds is 6. The molecule has 2 rings (SSSR count). The first-order valence-electron chi connectivity index (χ1n) is 6.99. The maximum absolute atomic E-state index is 11.9. The minimum absolute atomic E-state index is 0.000184. The highest BCUT2D eigenvalue weighted by atomic mass is 16.4. The second-order valence-corrected chi connectivity index (χ2v) is 4.91. The lowest BCUT2D eigenvalue weighted by atomic mass is 9.98. The molecule has 1 aromatic carbocycles. The van der Waals surface area contributed by atoms with E-state index < -0.39 is 11.5 Å². The number of carbonyl (C=O) groups excluding carboxylic acids is 1. The number of carbonyl (C=O) groups is 1. The highest BCUT2D eigenvalue weighted by Crippen LogP contribution is 2.22. The Morgan fingerprint density at radius 2 is 1.95 bits per heavy atom. The van der Waals surface area contributed by atoms with Crippen molar-refractivity contribution in [1.29, 1.82) is 0 Å². The molecular weight excluding hydrogens is 254 g/mol. The summed E-state index contributed by atoms with van der Waals surface area (Å²) in [7, 11) is 0. The van der Waals surface area contributed by atoms with E-state index in [2.05, 4.69) is 6.92 Å². The molecule has 2 N–H and O–H groups in total. The Bertz CT molecular complexity index is 673. The van der Waals surface area contributed by atoms with Crippen molar-refractivity contribution in [3.05, 3.63) is 45.8 Å². The van der Waals surface area contributed by atoms with Crippen molar-refractivity contribution in [3.63, 3.8) is 0 Å². The van der Waals surface area contributed by atoms with Gasteiger partial charge < -0.3 is 10.2 Å². The minimum Gasteiger partial charge on any atom is -0.422 e. The van der Waals surface area contributed by atoms with E-state index in [0.717, 1.165) is 36.6 Å². The van der Waals surface area contributed by atoms with Gasteiger partial charge in [0.05, 0.1) is 0 Å². The van der Waals surface area contributed by atoms with E-state index in [9.17, 15) is 9.59 Å². The average Bonchev–Trinajstić information content (AvgIpc) is 2.42. The SMILES string of the molecule is CCCCCCc1c(C(N)=O)c(=O)oc2ccccc12. The van der Waals surface area contributed by atoms with E-state index in [4.69, 9.17) is 10.2 Å². The van der Waals surface area contributed by atoms with Crippen LogP contribution in [-0.4, -0.2) is 5.91 Å². The van der Waals surface area contributed by atoms with Crippen molar-refractivity contribution in [2.24, 2.45) is 5.73 Å². The Labute approximate surface area is 117 Å². The van der Waals surface area contributed by atoms with Crippen LogP contribution in [0.2, 0.25) is 0 Å². The number of nitrogens with two attached hydrogens (primary N) is 1. The standard InChI is InChI=1S/C16H19NO3/c1-2-3-4-5-9-12-11-8-6-7-10-13(11)20-16(19)14(12)15(17)18/h6-8,10H,2-5,9H2,1H3,(H2,17,18). The van der Waals surface area contributed by atoms with Crippen molar-refractivity contribution in [2.75, 3.05) is 0 Å². The molecule has 0 atom stereocenters. The van der Waals surface area contributed by atoms with E-state index in [-0.39, 0.29) is 5.56 Å². The molecule has 0 aliphatic rings. The van der Waals surface area contributed by atoms with Gasteiger partial charge >= 0.3 is 5.63 Å². The first-order valence-corrected chi connectivity index (χ1v) is 6.99. The van der Waals surface area contributed by atoms with Gasteiger partial charge in [0.25, 0.3) is 5.91 Å². The lowest BCUT2D eigenvalue weighted by Crippen LogP contribution is -2.24. The molecule has 0 saturated heterocycles. The van der Waals surface area contributed by atoms with E-state index in [1.54, 1.807) is 12.1 Å². The van der Waals surface area contributed by atoms with Crippen LogP contribution in [0.5, 0.6) is 0 Å². The highest BCUT2D eigenvalue weighted by Gasteiger charge is 2.18. The molecule has 106 valence electrons. The predicted molar refractivity (Wildman–Crippen MR) is 78.8 cm³/mol. The van der Waals surface area contributed by atoms with Gasteiger partial charge in [-0.15, -0.1) is 0 Å². The lowest BCUT2D eigenvalue weighted by molar-refractivity contribution is 0.0996. The second kappa shape index (κ2) is 6.37. The summed E-state index contributed by atoms with van der Waals surface area (Å²) in [6.07, 6.45) is 4.96. The Morgan fingerprint density at radius 1 is 1.20 bits per heavy atom. The molecule has 0 radical (unpaired) electrons. The molecule has 0 saturated carbocycles. The monoisotopic (exact) mass is 273 g/mol. The summed E-state index contributed by atoms with van der Waals surface area (Å²) in [5, 5.41) is 0.803. The van der Waals surface area contributed by atoms with Crippen molar-refractivity contribution in [1.82, 2.24) is 0 Å². The number of benzene rings is 1. The van der Waals surface area contributed by atoms with E-state index in [1.807, 2.05) is 12.1 Å². The zero-order valence-electron chi connectivity index (χ0n) is 11.6. The average molecular weight is 273 g/mol. The number of aryl methyl sites for hydroxylation is 1. The molecule has 0 aliphatic heterocycles. The summed E-state index contributed by atoms with van der Waals surface area (Å²) in [4.78, 5) is 23.5. The lowest BCUT2D eigenvalue weighted by Gasteiger charge is -2.09. The van der Waals surface area contributed by atoms with Gasteiger partial charge in [-0.3, -0.25) is 4.79 Å². The summed E-state index contributed by atoms with van der Waals surface area (Å²) < 4.78 is 5.17. The van der Waals surface area contributed by atoms with Gasteiger partial charge in [0.2, 0.25) is 0 Å². The first-order chi connectivity index (χ1) is 9.65. The maximum Gasteiger partial charge on any atom is 0.349 e. The van der Waals surface area contributed by atoms with Crippen LogP contribution in [0.4, 0.5) is 0 Å². The summed E-state index contributed by atoms with van der Waals surface area (Å²) in [5.41, 5.74) is 5.93. The van der Waals surface area contributed by atoms with E-state index >= 15 is 0 Å². The Balaban J connectivity index is 2.49. The molecule has 1 heterocycles. The molecule has 4 heteroatoms. The van der Waals surface area contributed by atoms with Gasteiger partial charge in [-0.2, -0.15) is 0 Å². The molecule has 1 amide bonds. The highest BCUT2D eigenvalue weighted by molar-refractivity contribution is 5.98. The topological polar surface area (TPSA) is 73.3 Å². The summed E-state index contributed by atoms with van der Waals surface area (Å²) in [6.45, 7) is 2.14. The number of amides is 1. The Hall–Kier alpha value is -2.10. The van der Waals surface area contributed by atoms with Crippen LogP contribution < -0.4 is 11.4 Å². The number of hydrogen-bond donors (Lipinski definition) is 1. The third kappa shape index (κ3) is 2.90. The summed E-state index contributed by atoms with van der Waals surface area (Å²) in [5.74, 6) is -0.713. The number of unbranched alkanes of at least 4 members (excludes halogenated alkanes) is 3. The van der Waals surface area contributed by atoms with Crippen LogP contribution in [0, 0.1) is 0 Å². The molecule has 0 unspecified atom stereocenters. The fourth-order valence-corrected chi connectivity index (χ4v) is 2.45. The molecule has 0 spiro atoms. The summed E-state index contributed by atoms with van der Waals surface area (Å²) >= 11 is 0. The zero-order valence-corrected chi connectivity index (χ0v) is 11.6. The van der Waals surface area contributed by atoms with Gasteiger partial charge in [-0.05, 0) is 24.5 Å². The molecular formula is C16H19NO3. The van der Waals surface area contributed by atoms with Crippen LogP contribution in [0.3, 0.4) is 0 Å². The molecule has 1 aromatic heterocycles. The predicted octanol–water partition coefficient (Wildman–Crippen LogP) is 3.01. The van der Waals surface area contributed by atoms with Crippen LogP contribution in [0.25, 0.3) is 11.0 Å². The maximum atomic E-state index is 11.9. The third-order valence-electron chi connectivity index (χ3n) is 3.45. The molecule has 0 fully saturated rings. The zero-order chi connectivity index (χ0) is 14.5. The Kier molecular flexibility index (Phi) is 4.56. The van der Waals surface area contributed by atoms with Crippen LogP contribution >= 0.6 is 0 Å². The van der Waals surface area contributed by atoms with Crippen molar-refractivity contribution < 1.29 is 9.21 Å². The van der Waals surface area contributed by atoms with Crippen LogP contribution in [0.15, 0.2) is 33.5 Å². The largest absolute Gasteiger partial charge is 0.422 e. The first kappa shape index (κ1) is 14.3. The Morgan fingerprint density at radius 3 is 2.65 bits per heavy atom. The van der Waals surface area contributed by atoms with Crippen LogP contribution in [0.1, 0.15) is 48.5 Å². The fraction of sp³-hybridized carbons (Fsp3) is 0.375. The van der Waals surface area contributed by atoms with Gasteiger partial charge in [-0.1, -0.05) is 44.4 Å². The molecule has 0 aliphatic carbocycles. The van der Waals surface area contributed by atoms with Gasteiger partial charge in [0.15, 0.2) is 0 Å². The van der Waals surface area contributed by atoms with Gasteiger partial charge in [0, 0.05) is 5.39 Å². The van der Waals surface area contributed by atoms with Crippen LogP contribution in [-0.2, 0) is 6.42 Å². The number of hydrogen-bond acceptors (Lipinski definition) is 3. The van der Waals surface area contributed by atoms with Gasteiger partial charge in [-0.25, -0.2) is 4.79 Å². The second-order valence-electron chi connectivity index (χ2n) is 4.91. The summed E-state index contributed by atoms with van der Waals surface area (Å²) in [6, 6.07) is 7.26. The number of fused-ring (bicyclic) bond motifs is 1. The number of primary amides is 1. The molecule has 4 nitrogen and oxygen atoms in total. The minimum atomic E-state index is -0.713. The fourth-order valence-electron chi connectivity index (χ4n) is 2.45. The normalized spacial score (nSPS) is 10.8.